The number of hydrogen-bond donors (Lipinski definition) is 5. The van der Waals surface area contributed by atoms with E-state index in [1.807, 2.05) is 0 Å². The summed E-state index contributed by atoms with van der Waals surface area (Å²) in [5.74, 6) is -2.31. The minimum Gasteiger partial charge on any atom is -0.391 e. The van der Waals surface area contributed by atoms with E-state index in [1.165, 1.54) is 23.6 Å². The number of carbonyl (C=O) groups is 4. The Morgan fingerprint density at radius 3 is 2.03 bits per heavy atom. The third-order valence-electron chi connectivity index (χ3n) is 5.55. The molecule has 4 amide bonds. The maximum atomic E-state index is 13.1. The molecule has 0 saturated carbocycles. The largest absolute Gasteiger partial charge is 0.391 e. The van der Waals surface area contributed by atoms with Gasteiger partial charge in [0.25, 0.3) is 0 Å². The van der Waals surface area contributed by atoms with Crippen LogP contribution in [0.25, 0.3) is 0 Å². The van der Waals surface area contributed by atoms with Gasteiger partial charge >= 0.3 is 0 Å². The summed E-state index contributed by atoms with van der Waals surface area (Å²) in [6.07, 6.45) is -0.170. The van der Waals surface area contributed by atoms with Gasteiger partial charge in [-0.2, -0.15) is 0 Å². The van der Waals surface area contributed by atoms with E-state index < -0.39 is 54.1 Å². The molecule has 164 valence electrons. The van der Waals surface area contributed by atoms with E-state index in [0.29, 0.717) is 38.8 Å². The van der Waals surface area contributed by atoms with Crippen LogP contribution in [0.15, 0.2) is 0 Å². The molecule has 0 bridgehead atoms. The van der Waals surface area contributed by atoms with Gasteiger partial charge in [0.2, 0.25) is 23.6 Å². The lowest BCUT2D eigenvalue weighted by molar-refractivity contribution is -0.148. The Morgan fingerprint density at radius 1 is 0.966 bits per heavy atom. The number of primary amides is 1. The van der Waals surface area contributed by atoms with Gasteiger partial charge in [0.1, 0.15) is 24.2 Å². The smallest absolute Gasteiger partial charge is 0.246 e. The Balaban J connectivity index is 2.11. The first-order chi connectivity index (χ1) is 13.6. The van der Waals surface area contributed by atoms with Crippen LogP contribution in [0.2, 0.25) is 0 Å². The second kappa shape index (κ2) is 9.51. The van der Waals surface area contributed by atoms with Crippen molar-refractivity contribution >= 4 is 23.6 Å². The molecule has 0 aromatic carbocycles. The Morgan fingerprint density at radius 2 is 1.52 bits per heavy atom. The summed E-state index contributed by atoms with van der Waals surface area (Å²) < 4.78 is 0. The molecular weight excluding hydrogens is 382 g/mol. The van der Waals surface area contributed by atoms with Crippen LogP contribution in [-0.2, 0) is 19.2 Å². The lowest BCUT2D eigenvalue weighted by Gasteiger charge is -2.33. The molecule has 6 unspecified atom stereocenters. The van der Waals surface area contributed by atoms with Crippen molar-refractivity contribution in [3.63, 3.8) is 0 Å². The molecule has 2 aliphatic rings. The SMILES string of the molecule is CC(O)C(N)C(=O)N1CCCC1C(=O)N1CCCC1C(=O)NC(C(N)=O)C(C)O. The Bertz CT molecular complexity index is 655. The monoisotopic (exact) mass is 413 g/mol. The van der Waals surface area contributed by atoms with Gasteiger partial charge in [-0.15, -0.1) is 0 Å². The summed E-state index contributed by atoms with van der Waals surface area (Å²) in [7, 11) is 0. The number of carbonyl (C=O) groups excluding carboxylic acids is 4. The van der Waals surface area contributed by atoms with Gasteiger partial charge in [0, 0.05) is 13.1 Å². The number of hydrogen-bond acceptors (Lipinski definition) is 7. The van der Waals surface area contributed by atoms with Crippen molar-refractivity contribution in [2.75, 3.05) is 13.1 Å². The third-order valence-corrected chi connectivity index (χ3v) is 5.55. The van der Waals surface area contributed by atoms with Crippen LogP contribution in [0.4, 0.5) is 0 Å². The van der Waals surface area contributed by atoms with E-state index in [-0.39, 0.29) is 5.91 Å². The summed E-state index contributed by atoms with van der Waals surface area (Å²) in [5, 5.41) is 21.6. The molecule has 2 aliphatic heterocycles. The highest BCUT2D eigenvalue weighted by Gasteiger charge is 2.43. The zero-order chi connectivity index (χ0) is 21.9. The molecule has 2 heterocycles. The van der Waals surface area contributed by atoms with Crippen LogP contribution in [0.3, 0.4) is 0 Å². The number of aliphatic hydroxyl groups is 2. The normalized spacial score (nSPS) is 26.0. The van der Waals surface area contributed by atoms with E-state index in [0.717, 1.165) is 0 Å². The second-order valence-corrected chi connectivity index (χ2v) is 7.77. The van der Waals surface area contributed by atoms with Gasteiger partial charge in [-0.25, -0.2) is 0 Å². The highest BCUT2D eigenvalue weighted by Crippen LogP contribution is 2.25. The molecule has 2 saturated heterocycles. The molecule has 11 heteroatoms. The number of nitrogens with two attached hydrogens (primary N) is 2. The van der Waals surface area contributed by atoms with Gasteiger partial charge in [0.05, 0.1) is 12.2 Å². The summed E-state index contributed by atoms with van der Waals surface area (Å²) in [6.45, 7) is 3.44. The first-order valence-electron chi connectivity index (χ1n) is 9.88. The number of nitrogens with one attached hydrogen (secondary N) is 1. The molecule has 0 radical (unpaired) electrons. The topological polar surface area (TPSA) is 179 Å². The van der Waals surface area contributed by atoms with Crippen molar-refractivity contribution in [3.8, 4) is 0 Å². The van der Waals surface area contributed by atoms with Crippen LogP contribution >= 0.6 is 0 Å². The molecule has 2 rings (SSSR count). The number of amides is 4. The average Bonchev–Trinajstić information content (AvgIpc) is 3.32. The van der Waals surface area contributed by atoms with Gasteiger partial charge in [-0.3, -0.25) is 19.2 Å². The third kappa shape index (κ3) is 5.03. The van der Waals surface area contributed by atoms with Crippen molar-refractivity contribution in [1.82, 2.24) is 15.1 Å². The fraction of sp³-hybridized carbons (Fsp3) is 0.778. The van der Waals surface area contributed by atoms with Crippen molar-refractivity contribution in [2.24, 2.45) is 11.5 Å². The van der Waals surface area contributed by atoms with Crippen LogP contribution in [0.5, 0.6) is 0 Å². The maximum Gasteiger partial charge on any atom is 0.246 e. The summed E-state index contributed by atoms with van der Waals surface area (Å²) in [5.41, 5.74) is 11.0. The van der Waals surface area contributed by atoms with Gasteiger partial charge < -0.3 is 36.8 Å². The molecule has 7 N–H and O–H groups in total. The molecule has 0 aromatic heterocycles. The van der Waals surface area contributed by atoms with Crippen LogP contribution in [0.1, 0.15) is 39.5 Å². The van der Waals surface area contributed by atoms with Gasteiger partial charge in [-0.1, -0.05) is 0 Å². The van der Waals surface area contributed by atoms with E-state index in [4.69, 9.17) is 11.5 Å². The van der Waals surface area contributed by atoms with Gasteiger partial charge in [0.15, 0.2) is 0 Å². The van der Waals surface area contributed by atoms with Crippen LogP contribution in [-0.4, -0.2) is 93.1 Å². The second-order valence-electron chi connectivity index (χ2n) is 7.77. The highest BCUT2D eigenvalue weighted by molar-refractivity contribution is 5.95. The molecule has 29 heavy (non-hydrogen) atoms. The minimum absolute atomic E-state index is 0.341. The van der Waals surface area contributed by atoms with Crippen molar-refractivity contribution in [1.29, 1.82) is 0 Å². The lowest BCUT2D eigenvalue weighted by Crippen LogP contribution is -2.58. The van der Waals surface area contributed by atoms with Crippen molar-refractivity contribution in [2.45, 2.75) is 75.9 Å². The van der Waals surface area contributed by atoms with Crippen LogP contribution in [0, 0.1) is 0 Å². The summed E-state index contributed by atoms with van der Waals surface area (Å²) in [6, 6.07) is -3.94. The van der Waals surface area contributed by atoms with E-state index in [9.17, 15) is 29.4 Å². The molecule has 6 atom stereocenters. The van der Waals surface area contributed by atoms with Crippen LogP contribution < -0.4 is 16.8 Å². The minimum atomic E-state index is -1.26. The first-order valence-corrected chi connectivity index (χ1v) is 9.88. The maximum absolute atomic E-state index is 13.1. The van der Waals surface area contributed by atoms with Gasteiger partial charge in [-0.05, 0) is 39.5 Å². The molecule has 0 aliphatic carbocycles. The van der Waals surface area contributed by atoms with E-state index >= 15 is 0 Å². The summed E-state index contributed by atoms with van der Waals surface area (Å²) in [4.78, 5) is 52.5. The Kier molecular flexibility index (Phi) is 7.55. The number of nitrogens with zero attached hydrogens (tertiary/aromatic N) is 2. The predicted octanol–water partition coefficient (Wildman–Crippen LogP) is -2.97. The molecule has 11 nitrogen and oxygen atoms in total. The van der Waals surface area contributed by atoms with Crippen molar-refractivity contribution < 1.29 is 29.4 Å². The Labute approximate surface area is 169 Å². The number of likely N-dealkylation sites (tertiary alicyclic amines) is 2. The number of rotatable bonds is 7. The summed E-state index contributed by atoms with van der Waals surface area (Å²) >= 11 is 0. The molecule has 2 fully saturated rings. The quantitative estimate of drug-likeness (QED) is 0.295. The van der Waals surface area contributed by atoms with E-state index in [2.05, 4.69) is 5.32 Å². The molecule has 0 spiro atoms. The molecular formula is C18H31N5O6. The average molecular weight is 413 g/mol. The zero-order valence-electron chi connectivity index (χ0n) is 16.8. The fourth-order valence-corrected chi connectivity index (χ4v) is 3.86. The fourth-order valence-electron chi connectivity index (χ4n) is 3.86. The standard InChI is InChI=1S/C18H31N5O6/c1-9(24)13(19)18(29)23-8-4-6-12(23)17(28)22-7-3-5-11(22)16(27)21-14(10(2)25)15(20)26/h9-14,24-25H,3-8,19H2,1-2H3,(H2,20,26)(H,21,27). The molecule has 0 aromatic rings. The van der Waals surface area contributed by atoms with E-state index in [1.54, 1.807) is 0 Å². The van der Waals surface area contributed by atoms with Crippen molar-refractivity contribution in [3.05, 3.63) is 0 Å². The first kappa shape index (κ1) is 23.0. The Hall–Kier alpha value is -2.24. The lowest BCUT2D eigenvalue weighted by atomic mass is 10.1. The number of aliphatic hydroxyl groups excluding tert-OH is 2. The predicted molar refractivity (Wildman–Crippen MR) is 102 cm³/mol. The zero-order valence-corrected chi connectivity index (χ0v) is 16.8. The highest BCUT2D eigenvalue weighted by atomic mass is 16.3.